The molecule has 3 nitrogen and oxygen atoms in total. The maximum absolute atomic E-state index is 13.2. The van der Waals surface area contributed by atoms with Gasteiger partial charge >= 0.3 is 6.18 Å². The molecule has 1 amide bonds. The number of amides is 1. The molecule has 0 radical (unpaired) electrons. The predicted octanol–water partition coefficient (Wildman–Crippen LogP) is 3.93. The average molecular weight is 365 g/mol. The summed E-state index contributed by atoms with van der Waals surface area (Å²) in [6.45, 7) is 4.76. The Kier molecular flexibility index (Phi) is 6.33. The molecule has 1 aliphatic heterocycles. The van der Waals surface area contributed by atoms with Gasteiger partial charge in [0.15, 0.2) is 0 Å². The summed E-state index contributed by atoms with van der Waals surface area (Å²) in [5.41, 5.74) is 5.70. The largest absolute Gasteiger partial charge is 0.394 e. The molecular weight excluding hydrogens is 341 g/mol. The van der Waals surface area contributed by atoms with E-state index in [-0.39, 0.29) is 31.3 Å². The fraction of sp³-hybridized carbons (Fsp3) is 0.588. The molecule has 3 atom stereocenters. The zero-order valence-corrected chi connectivity index (χ0v) is 14.8. The first-order valence-corrected chi connectivity index (χ1v) is 7.75. The van der Waals surface area contributed by atoms with Crippen molar-refractivity contribution in [1.29, 1.82) is 0 Å². The van der Waals surface area contributed by atoms with E-state index in [9.17, 15) is 18.0 Å². The van der Waals surface area contributed by atoms with Crippen molar-refractivity contribution in [3.63, 3.8) is 0 Å². The summed E-state index contributed by atoms with van der Waals surface area (Å²) < 4.78 is 39.5. The summed E-state index contributed by atoms with van der Waals surface area (Å²) in [5, 5.41) is 0. The van der Waals surface area contributed by atoms with Crippen LogP contribution in [0.1, 0.15) is 38.8 Å². The number of carbonyl (C=O) groups is 1. The molecule has 0 bridgehead atoms. The highest BCUT2D eigenvalue weighted by Gasteiger charge is 2.56. The van der Waals surface area contributed by atoms with Crippen LogP contribution in [0.5, 0.6) is 0 Å². The van der Waals surface area contributed by atoms with E-state index in [0.717, 1.165) is 5.56 Å². The molecule has 2 N–H and O–H groups in total. The highest BCUT2D eigenvalue weighted by Crippen LogP contribution is 2.45. The lowest BCUT2D eigenvalue weighted by Gasteiger charge is -2.38. The van der Waals surface area contributed by atoms with E-state index in [4.69, 9.17) is 5.73 Å². The van der Waals surface area contributed by atoms with Gasteiger partial charge < -0.3 is 10.6 Å². The van der Waals surface area contributed by atoms with Crippen LogP contribution in [-0.4, -0.2) is 29.1 Å². The number of nitrogens with zero attached hydrogens (tertiary/aromatic N) is 1. The van der Waals surface area contributed by atoms with Crippen LogP contribution < -0.4 is 5.73 Å². The van der Waals surface area contributed by atoms with E-state index in [1.165, 1.54) is 18.7 Å². The van der Waals surface area contributed by atoms with E-state index in [1.54, 1.807) is 6.92 Å². The van der Waals surface area contributed by atoms with E-state index < -0.39 is 29.6 Å². The van der Waals surface area contributed by atoms with Gasteiger partial charge in [0.25, 0.3) is 0 Å². The van der Waals surface area contributed by atoms with Gasteiger partial charge in [-0.3, -0.25) is 4.79 Å². The minimum Gasteiger partial charge on any atom is -0.337 e. The zero-order chi connectivity index (χ0) is 17.4. The Morgan fingerprint density at radius 1 is 1.29 bits per heavy atom. The molecule has 136 valence electrons. The minimum atomic E-state index is -4.30. The summed E-state index contributed by atoms with van der Waals surface area (Å²) in [5.74, 6) is -2.40. The number of likely N-dealkylation sites (tertiary alicyclic amines) is 1. The van der Waals surface area contributed by atoms with Gasteiger partial charge in [0, 0.05) is 18.1 Å². The molecule has 1 saturated heterocycles. The van der Waals surface area contributed by atoms with Gasteiger partial charge in [0.05, 0.1) is 11.8 Å². The van der Waals surface area contributed by atoms with E-state index in [2.05, 4.69) is 0 Å². The molecule has 1 fully saturated rings. The first-order chi connectivity index (χ1) is 10.6. The van der Waals surface area contributed by atoms with Gasteiger partial charge in [-0.05, 0) is 25.8 Å². The molecule has 2 rings (SSSR count). The van der Waals surface area contributed by atoms with Gasteiger partial charge in [0.2, 0.25) is 5.91 Å². The van der Waals surface area contributed by atoms with Crippen LogP contribution in [0, 0.1) is 11.8 Å². The first-order valence-electron chi connectivity index (χ1n) is 7.75. The minimum absolute atomic E-state index is 0. The second kappa shape index (κ2) is 7.31. The number of rotatable bonds is 3. The third-order valence-corrected chi connectivity index (χ3v) is 4.96. The number of nitrogens with two attached hydrogens (primary N) is 1. The van der Waals surface area contributed by atoms with Crippen LogP contribution in [0.25, 0.3) is 0 Å². The quantitative estimate of drug-likeness (QED) is 0.883. The highest BCUT2D eigenvalue weighted by molar-refractivity contribution is 5.85. The molecule has 24 heavy (non-hydrogen) atoms. The maximum Gasteiger partial charge on any atom is 0.394 e. The maximum atomic E-state index is 13.2. The number of hydrogen-bond acceptors (Lipinski definition) is 2. The molecule has 7 heteroatoms. The molecule has 1 aromatic carbocycles. The lowest BCUT2D eigenvalue weighted by molar-refractivity contribution is -0.192. The van der Waals surface area contributed by atoms with E-state index in [0.29, 0.717) is 0 Å². The molecule has 1 heterocycles. The van der Waals surface area contributed by atoms with Crippen LogP contribution in [0.3, 0.4) is 0 Å². The van der Waals surface area contributed by atoms with Gasteiger partial charge in [0.1, 0.15) is 0 Å². The Labute approximate surface area is 146 Å². The first kappa shape index (κ1) is 20.8. The average Bonchev–Trinajstić information content (AvgIpc) is 2.81. The van der Waals surface area contributed by atoms with Gasteiger partial charge in [-0.25, -0.2) is 0 Å². The molecule has 0 spiro atoms. The number of carbonyl (C=O) groups excluding carboxylic acids is 1. The molecule has 0 saturated carbocycles. The molecule has 3 unspecified atom stereocenters. The second-order valence-corrected chi connectivity index (χ2v) is 6.75. The number of hydrogen-bond donors (Lipinski definition) is 1. The van der Waals surface area contributed by atoms with Crippen molar-refractivity contribution in [3.05, 3.63) is 35.9 Å². The van der Waals surface area contributed by atoms with Gasteiger partial charge in [-0.15, -0.1) is 12.4 Å². The molecule has 0 aliphatic carbocycles. The summed E-state index contributed by atoms with van der Waals surface area (Å²) in [6, 6.07) is 8.60. The van der Waals surface area contributed by atoms with Crippen molar-refractivity contribution in [2.75, 3.05) is 6.54 Å². The summed E-state index contributed by atoms with van der Waals surface area (Å²) >= 11 is 0. The normalized spacial score (nSPS) is 22.6. The van der Waals surface area contributed by atoms with Crippen molar-refractivity contribution >= 4 is 18.3 Å². The van der Waals surface area contributed by atoms with Crippen LogP contribution in [0.4, 0.5) is 13.2 Å². The zero-order valence-electron chi connectivity index (χ0n) is 14.0. The van der Waals surface area contributed by atoms with E-state index in [1.807, 2.05) is 30.3 Å². The van der Waals surface area contributed by atoms with Crippen LogP contribution in [0.15, 0.2) is 30.3 Å². The van der Waals surface area contributed by atoms with Crippen molar-refractivity contribution in [1.82, 2.24) is 4.90 Å². The van der Waals surface area contributed by atoms with Gasteiger partial charge in [-0.1, -0.05) is 37.3 Å². The topological polar surface area (TPSA) is 46.3 Å². The number of benzene rings is 1. The SMILES string of the molecule is CC(C(=O)N1CCC(C(F)(F)F)C1(C)C)C(N)c1ccccc1.Cl. The lowest BCUT2D eigenvalue weighted by atomic mass is 9.86. The third kappa shape index (κ3) is 3.86. The Hall–Kier alpha value is -1.27. The fourth-order valence-electron chi connectivity index (χ4n) is 3.41. The van der Waals surface area contributed by atoms with Crippen LogP contribution in [-0.2, 0) is 4.79 Å². The van der Waals surface area contributed by atoms with Crippen molar-refractivity contribution in [2.24, 2.45) is 17.6 Å². The Bertz CT molecular complexity index is 563. The monoisotopic (exact) mass is 364 g/mol. The molecule has 0 aromatic heterocycles. The van der Waals surface area contributed by atoms with Crippen molar-refractivity contribution < 1.29 is 18.0 Å². The highest BCUT2D eigenvalue weighted by atomic mass is 35.5. The summed E-state index contributed by atoms with van der Waals surface area (Å²) in [7, 11) is 0. The third-order valence-electron chi connectivity index (χ3n) is 4.96. The summed E-state index contributed by atoms with van der Waals surface area (Å²) in [4.78, 5) is 14.1. The number of alkyl halides is 3. The molecule has 1 aliphatic rings. The second-order valence-electron chi connectivity index (χ2n) is 6.75. The van der Waals surface area contributed by atoms with Crippen LogP contribution >= 0.6 is 12.4 Å². The Morgan fingerprint density at radius 3 is 2.29 bits per heavy atom. The molecule has 1 aromatic rings. The summed E-state index contributed by atoms with van der Waals surface area (Å²) in [6.07, 6.45) is -4.36. The predicted molar refractivity (Wildman–Crippen MR) is 89.7 cm³/mol. The number of halogens is 4. The van der Waals surface area contributed by atoms with E-state index >= 15 is 0 Å². The lowest BCUT2D eigenvalue weighted by Crippen LogP contribution is -2.52. The van der Waals surface area contributed by atoms with Crippen LogP contribution in [0.2, 0.25) is 0 Å². The van der Waals surface area contributed by atoms with Crippen molar-refractivity contribution in [3.8, 4) is 0 Å². The Morgan fingerprint density at radius 2 is 1.83 bits per heavy atom. The van der Waals surface area contributed by atoms with Crippen molar-refractivity contribution in [2.45, 2.75) is 44.9 Å². The molecular formula is C17H24ClF3N2O. The smallest absolute Gasteiger partial charge is 0.337 e. The fourth-order valence-corrected chi connectivity index (χ4v) is 3.41. The Balaban J connectivity index is 0.00000288. The standard InChI is InChI=1S/C17H23F3N2O.ClH/c1-11(14(21)12-7-5-4-6-8-12)15(23)22-10-9-13(16(22,2)3)17(18,19)20;/h4-8,11,13-14H,9-10,21H2,1-3H3;1H. The van der Waals surface area contributed by atoms with Gasteiger partial charge in [-0.2, -0.15) is 13.2 Å².